The lowest BCUT2D eigenvalue weighted by Crippen LogP contribution is -2.42. The molecule has 0 bridgehead atoms. The van der Waals surface area contributed by atoms with E-state index in [-0.39, 0.29) is 29.8 Å². The largest absolute Gasteiger partial charge is 0.497 e. The molecule has 3 rings (SSSR count). The maximum Gasteiger partial charge on any atom is 0.247 e. The molecule has 2 aromatic rings. The summed E-state index contributed by atoms with van der Waals surface area (Å²) in [6.07, 6.45) is -0.381. The third-order valence-corrected chi connectivity index (χ3v) is 6.36. The van der Waals surface area contributed by atoms with Crippen LogP contribution in [-0.4, -0.2) is 46.6 Å². The number of nitrogens with zero attached hydrogens (tertiary/aromatic N) is 1. The fraction of sp³-hybridized carbons (Fsp3) is 0.333. The summed E-state index contributed by atoms with van der Waals surface area (Å²) in [4.78, 5) is 0.0751. The number of sulfonamides is 1. The molecule has 1 fully saturated rings. The van der Waals surface area contributed by atoms with E-state index in [9.17, 15) is 8.42 Å². The zero-order valence-electron chi connectivity index (χ0n) is 14.5. The van der Waals surface area contributed by atoms with Gasteiger partial charge in [-0.15, -0.1) is 0 Å². The Morgan fingerprint density at radius 1 is 1.15 bits per heavy atom. The van der Waals surface area contributed by atoms with Crippen molar-refractivity contribution >= 4 is 21.6 Å². The fourth-order valence-corrected chi connectivity index (χ4v) is 4.67. The topological polar surface area (TPSA) is 65.1 Å². The number of ether oxygens (including phenoxy) is 3. The predicted molar refractivity (Wildman–Crippen MR) is 98.4 cm³/mol. The van der Waals surface area contributed by atoms with Crippen LogP contribution in [-0.2, 0) is 14.8 Å². The van der Waals surface area contributed by atoms with Gasteiger partial charge in [-0.2, -0.15) is 4.31 Å². The van der Waals surface area contributed by atoms with Crippen LogP contribution in [0.1, 0.15) is 11.7 Å². The SMILES string of the molecule is COc1ccc(OC)c(S(=O)(=O)N2CCOC(c3cccc(Cl)c3)C2)c1. The number of hydrogen-bond acceptors (Lipinski definition) is 5. The molecule has 8 heteroatoms. The van der Waals surface area contributed by atoms with E-state index in [4.69, 9.17) is 25.8 Å². The maximum atomic E-state index is 13.2. The summed E-state index contributed by atoms with van der Waals surface area (Å²) >= 11 is 6.04. The fourth-order valence-electron chi connectivity index (χ4n) is 2.88. The first kappa shape index (κ1) is 19.0. The van der Waals surface area contributed by atoms with Gasteiger partial charge in [-0.05, 0) is 29.8 Å². The van der Waals surface area contributed by atoms with Crippen molar-refractivity contribution in [2.45, 2.75) is 11.0 Å². The molecule has 26 heavy (non-hydrogen) atoms. The number of morpholine rings is 1. The summed E-state index contributed by atoms with van der Waals surface area (Å²) in [5.74, 6) is 0.723. The molecule has 1 aliphatic heterocycles. The summed E-state index contributed by atoms with van der Waals surface area (Å²) in [6, 6.07) is 12.0. The monoisotopic (exact) mass is 397 g/mol. The molecule has 0 aromatic heterocycles. The number of halogens is 1. The normalized spacial score (nSPS) is 18.5. The van der Waals surface area contributed by atoms with Crippen molar-refractivity contribution in [3.05, 3.63) is 53.1 Å². The Labute approximate surface area is 158 Å². The van der Waals surface area contributed by atoms with Crippen molar-refractivity contribution in [3.63, 3.8) is 0 Å². The average molecular weight is 398 g/mol. The Morgan fingerprint density at radius 2 is 1.96 bits per heavy atom. The zero-order chi connectivity index (χ0) is 18.7. The van der Waals surface area contributed by atoms with E-state index >= 15 is 0 Å². The lowest BCUT2D eigenvalue weighted by molar-refractivity contribution is -0.00258. The molecule has 0 amide bonds. The molecule has 0 spiro atoms. The highest BCUT2D eigenvalue weighted by molar-refractivity contribution is 7.89. The number of benzene rings is 2. The van der Waals surface area contributed by atoms with E-state index in [1.54, 1.807) is 24.3 Å². The van der Waals surface area contributed by atoms with Gasteiger partial charge in [-0.3, -0.25) is 0 Å². The Bertz CT molecular complexity index is 887. The van der Waals surface area contributed by atoms with Gasteiger partial charge in [0.05, 0.1) is 26.9 Å². The van der Waals surface area contributed by atoms with Crippen molar-refractivity contribution in [2.24, 2.45) is 0 Å². The van der Waals surface area contributed by atoms with Crippen LogP contribution in [0.3, 0.4) is 0 Å². The molecule has 1 unspecified atom stereocenters. The molecule has 1 saturated heterocycles. The first-order valence-electron chi connectivity index (χ1n) is 8.05. The van der Waals surface area contributed by atoms with E-state index in [2.05, 4.69) is 0 Å². The third-order valence-electron chi connectivity index (χ3n) is 4.24. The van der Waals surface area contributed by atoms with E-state index < -0.39 is 10.0 Å². The minimum Gasteiger partial charge on any atom is -0.497 e. The molecule has 1 aliphatic rings. The Morgan fingerprint density at radius 3 is 2.65 bits per heavy atom. The second-order valence-electron chi connectivity index (χ2n) is 5.79. The summed E-state index contributed by atoms with van der Waals surface area (Å²) in [5.41, 5.74) is 0.843. The molecule has 1 heterocycles. The molecule has 140 valence electrons. The Balaban J connectivity index is 1.92. The molecular weight excluding hydrogens is 378 g/mol. The first-order valence-corrected chi connectivity index (χ1v) is 9.86. The van der Waals surface area contributed by atoms with Crippen molar-refractivity contribution < 1.29 is 22.6 Å². The van der Waals surface area contributed by atoms with Gasteiger partial charge in [-0.1, -0.05) is 23.7 Å². The Kier molecular flexibility index (Phi) is 5.72. The van der Waals surface area contributed by atoms with E-state index in [0.29, 0.717) is 17.4 Å². The predicted octanol–water partition coefficient (Wildman–Crippen LogP) is 3.12. The van der Waals surface area contributed by atoms with Crippen LogP contribution in [0.2, 0.25) is 5.02 Å². The van der Waals surface area contributed by atoms with Gasteiger partial charge in [0.15, 0.2) is 0 Å². The lowest BCUT2D eigenvalue weighted by atomic mass is 10.1. The molecule has 6 nitrogen and oxygen atoms in total. The van der Waals surface area contributed by atoms with Crippen LogP contribution < -0.4 is 9.47 Å². The smallest absolute Gasteiger partial charge is 0.247 e. The number of hydrogen-bond donors (Lipinski definition) is 0. The van der Waals surface area contributed by atoms with Crippen LogP contribution in [0.15, 0.2) is 47.4 Å². The lowest BCUT2D eigenvalue weighted by Gasteiger charge is -2.32. The minimum absolute atomic E-state index is 0.0751. The van der Waals surface area contributed by atoms with E-state index in [1.807, 2.05) is 12.1 Å². The van der Waals surface area contributed by atoms with Crippen LogP contribution >= 0.6 is 11.6 Å². The van der Waals surface area contributed by atoms with Crippen molar-refractivity contribution in [3.8, 4) is 11.5 Å². The van der Waals surface area contributed by atoms with Crippen LogP contribution in [0.25, 0.3) is 0 Å². The van der Waals surface area contributed by atoms with Crippen LogP contribution in [0.5, 0.6) is 11.5 Å². The van der Waals surface area contributed by atoms with E-state index in [1.165, 1.54) is 24.6 Å². The second-order valence-corrected chi connectivity index (χ2v) is 8.14. The molecule has 1 atom stereocenters. The number of methoxy groups -OCH3 is 2. The average Bonchev–Trinajstić information content (AvgIpc) is 2.67. The highest BCUT2D eigenvalue weighted by Gasteiger charge is 2.33. The van der Waals surface area contributed by atoms with Gasteiger partial charge < -0.3 is 14.2 Å². The summed E-state index contributed by atoms with van der Waals surface area (Å²) in [7, 11) is -0.845. The van der Waals surface area contributed by atoms with Crippen LogP contribution in [0.4, 0.5) is 0 Å². The minimum atomic E-state index is -3.77. The van der Waals surface area contributed by atoms with Gasteiger partial charge in [0.1, 0.15) is 16.4 Å². The zero-order valence-corrected chi connectivity index (χ0v) is 16.1. The molecule has 0 saturated carbocycles. The first-order chi connectivity index (χ1) is 12.5. The Hall–Kier alpha value is -1.80. The molecule has 0 N–H and O–H groups in total. The molecular formula is C18H20ClNO5S. The van der Waals surface area contributed by atoms with Gasteiger partial charge in [0.2, 0.25) is 10.0 Å². The standard InChI is InChI=1S/C18H20ClNO5S/c1-23-15-6-7-16(24-2)18(11-15)26(21,22)20-8-9-25-17(12-20)13-4-3-5-14(19)10-13/h3-7,10-11,17H,8-9,12H2,1-2H3. The van der Waals surface area contributed by atoms with Crippen molar-refractivity contribution in [1.29, 1.82) is 0 Å². The highest BCUT2D eigenvalue weighted by atomic mass is 35.5. The molecule has 0 radical (unpaired) electrons. The summed E-state index contributed by atoms with van der Waals surface area (Å²) < 4.78 is 43.9. The maximum absolute atomic E-state index is 13.2. The number of rotatable bonds is 5. The van der Waals surface area contributed by atoms with E-state index in [0.717, 1.165) is 5.56 Å². The van der Waals surface area contributed by atoms with Crippen LogP contribution in [0, 0.1) is 0 Å². The van der Waals surface area contributed by atoms with Gasteiger partial charge >= 0.3 is 0 Å². The van der Waals surface area contributed by atoms with Gasteiger partial charge in [0.25, 0.3) is 0 Å². The van der Waals surface area contributed by atoms with Gasteiger partial charge in [0, 0.05) is 24.2 Å². The molecule has 0 aliphatic carbocycles. The van der Waals surface area contributed by atoms with Crippen molar-refractivity contribution in [1.82, 2.24) is 4.31 Å². The quantitative estimate of drug-likeness (QED) is 0.775. The third kappa shape index (κ3) is 3.81. The second kappa shape index (κ2) is 7.84. The van der Waals surface area contributed by atoms with Crippen molar-refractivity contribution in [2.75, 3.05) is 33.9 Å². The highest BCUT2D eigenvalue weighted by Crippen LogP contribution is 2.33. The summed E-state index contributed by atoms with van der Waals surface area (Å²) in [5, 5.41) is 0.584. The van der Waals surface area contributed by atoms with Gasteiger partial charge in [-0.25, -0.2) is 8.42 Å². The summed E-state index contributed by atoms with van der Waals surface area (Å²) in [6.45, 7) is 0.755. The molecule has 2 aromatic carbocycles.